The summed E-state index contributed by atoms with van der Waals surface area (Å²) in [4.78, 5) is 0. The van der Waals surface area contributed by atoms with E-state index in [0.29, 0.717) is 4.68 Å². The van der Waals surface area contributed by atoms with Crippen molar-refractivity contribution >= 4 is 6.20 Å². The van der Waals surface area contributed by atoms with Crippen LogP contribution in [0, 0.1) is 0 Å². The molecule has 0 spiro atoms. The van der Waals surface area contributed by atoms with Crippen molar-refractivity contribution in [2.75, 3.05) is 0 Å². The van der Waals surface area contributed by atoms with Crippen LogP contribution in [0.25, 0.3) is 6.20 Å². The van der Waals surface area contributed by atoms with E-state index in [0.717, 1.165) is 24.8 Å². The minimum Gasteiger partial charge on any atom is -0.196 e. The molecule has 1 heterocycles. The molecule has 14 heavy (non-hydrogen) atoms. The number of aromatic nitrogens is 4. The Morgan fingerprint density at radius 3 is 2.50 bits per heavy atom. The van der Waals surface area contributed by atoms with Crippen LogP contribution in [0.4, 0.5) is 13.2 Å². The van der Waals surface area contributed by atoms with E-state index in [1.807, 2.05) is 0 Å². The quantitative estimate of drug-likeness (QED) is 0.699. The molecule has 0 N–H and O–H groups in total. The highest BCUT2D eigenvalue weighted by Crippen LogP contribution is 2.29. The highest BCUT2D eigenvalue weighted by Gasteiger charge is 2.37. The van der Waals surface area contributed by atoms with E-state index >= 15 is 0 Å². The second kappa shape index (κ2) is 3.07. The van der Waals surface area contributed by atoms with Crippen molar-refractivity contribution in [1.29, 1.82) is 0 Å². The van der Waals surface area contributed by atoms with E-state index < -0.39 is 12.0 Å². The number of hydrogen-bond donors (Lipinski definition) is 0. The summed E-state index contributed by atoms with van der Waals surface area (Å²) in [7, 11) is 0. The molecule has 1 aliphatic carbocycles. The molecule has 1 saturated carbocycles. The van der Waals surface area contributed by atoms with Gasteiger partial charge in [-0.25, -0.2) is 0 Å². The minimum atomic E-state index is -4.50. The predicted octanol–water partition coefficient (Wildman–Crippen LogP) is 1.72. The molecule has 4 nitrogen and oxygen atoms in total. The molecule has 7 heteroatoms. The average molecular weight is 204 g/mol. The standard InChI is InChI=1S/C7H7F3N4/c8-7(9,10)6-11-12-13-14(6)4-5-2-1-3-5/h4H,1-3H2. The van der Waals surface area contributed by atoms with Crippen LogP contribution in [0.2, 0.25) is 0 Å². The van der Waals surface area contributed by atoms with Crippen molar-refractivity contribution in [1.82, 2.24) is 20.2 Å². The van der Waals surface area contributed by atoms with E-state index in [9.17, 15) is 13.2 Å². The summed E-state index contributed by atoms with van der Waals surface area (Å²) in [5.41, 5.74) is 0.947. The molecule has 0 atom stereocenters. The van der Waals surface area contributed by atoms with Crippen LogP contribution in [0.1, 0.15) is 25.1 Å². The Balaban J connectivity index is 2.30. The molecule has 0 bridgehead atoms. The van der Waals surface area contributed by atoms with Gasteiger partial charge in [-0.15, -0.1) is 5.10 Å². The van der Waals surface area contributed by atoms with Crippen LogP contribution in [-0.4, -0.2) is 20.2 Å². The first-order chi connectivity index (χ1) is 6.57. The molecule has 1 aromatic heterocycles. The molecule has 1 aromatic rings. The van der Waals surface area contributed by atoms with Crippen LogP contribution >= 0.6 is 0 Å². The monoisotopic (exact) mass is 204 g/mol. The third-order valence-electron chi connectivity index (χ3n) is 2.05. The molecular formula is C7H7F3N4. The van der Waals surface area contributed by atoms with E-state index in [1.165, 1.54) is 6.20 Å². The van der Waals surface area contributed by atoms with Gasteiger partial charge < -0.3 is 0 Å². The van der Waals surface area contributed by atoms with Crippen molar-refractivity contribution < 1.29 is 13.2 Å². The van der Waals surface area contributed by atoms with Gasteiger partial charge in [0, 0.05) is 6.20 Å². The van der Waals surface area contributed by atoms with Gasteiger partial charge in [0.1, 0.15) is 0 Å². The topological polar surface area (TPSA) is 43.6 Å². The van der Waals surface area contributed by atoms with Gasteiger partial charge in [0.25, 0.3) is 5.82 Å². The highest BCUT2D eigenvalue weighted by molar-refractivity contribution is 5.33. The van der Waals surface area contributed by atoms with E-state index in [2.05, 4.69) is 15.5 Å². The maximum Gasteiger partial charge on any atom is 0.453 e. The fourth-order valence-electron chi connectivity index (χ4n) is 1.15. The summed E-state index contributed by atoms with van der Waals surface area (Å²) in [6, 6.07) is 0. The molecule has 0 radical (unpaired) electrons. The summed E-state index contributed by atoms with van der Waals surface area (Å²) in [6.45, 7) is 0. The van der Waals surface area contributed by atoms with E-state index in [-0.39, 0.29) is 0 Å². The van der Waals surface area contributed by atoms with Gasteiger partial charge in [-0.2, -0.15) is 17.9 Å². The van der Waals surface area contributed by atoms with Gasteiger partial charge in [0.2, 0.25) is 0 Å². The predicted molar refractivity (Wildman–Crippen MR) is 40.9 cm³/mol. The normalized spacial score (nSPS) is 16.6. The maximum absolute atomic E-state index is 12.3. The van der Waals surface area contributed by atoms with E-state index in [1.54, 1.807) is 0 Å². The number of allylic oxidation sites excluding steroid dienone is 1. The van der Waals surface area contributed by atoms with Gasteiger partial charge >= 0.3 is 6.18 Å². The fourth-order valence-corrected chi connectivity index (χ4v) is 1.15. The Morgan fingerprint density at radius 2 is 2.00 bits per heavy atom. The second-order valence-corrected chi connectivity index (χ2v) is 3.09. The zero-order valence-corrected chi connectivity index (χ0v) is 7.12. The SMILES string of the molecule is FC(F)(F)c1nnnn1C=C1CCC1. The number of halogens is 3. The first-order valence-electron chi connectivity index (χ1n) is 4.12. The lowest BCUT2D eigenvalue weighted by molar-refractivity contribution is -0.146. The lowest BCUT2D eigenvalue weighted by atomic mass is 9.94. The number of hydrogen-bond acceptors (Lipinski definition) is 3. The second-order valence-electron chi connectivity index (χ2n) is 3.09. The molecule has 0 amide bonds. The van der Waals surface area contributed by atoms with Crippen LogP contribution in [-0.2, 0) is 6.18 Å². The summed E-state index contributed by atoms with van der Waals surface area (Å²) in [5.74, 6) is -1.07. The van der Waals surface area contributed by atoms with Crippen LogP contribution in [0.3, 0.4) is 0 Å². The molecule has 0 unspecified atom stereocenters. The van der Waals surface area contributed by atoms with E-state index in [4.69, 9.17) is 0 Å². The third-order valence-corrected chi connectivity index (χ3v) is 2.05. The third kappa shape index (κ3) is 1.61. The van der Waals surface area contributed by atoms with Crippen molar-refractivity contribution in [3.8, 4) is 0 Å². The Kier molecular flexibility index (Phi) is 2.01. The van der Waals surface area contributed by atoms with Gasteiger partial charge in [-0.1, -0.05) is 5.57 Å². The molecule has 0 aliphatic heterocycles. The Morgan fingerprint density at radius 1 is 1.29 bits per heavy atom. The van der Waals surface area contributed by atoms with Crippen molar-refractivity contribution in [3.05, 3.63) is 11.4 Å². The molecule has 1 fully saturated rings. The van der Waals surface area contributed by atoms with Crippen molar-refractivity contribution in [2.45, 2.75) is 25.4 Å². The van der Waals surface area contributed by atoms with Gasteiger partial charge in [0.05, 0.1) is 0 Å². The zero-order valence-electron chi connectivity index (χ0n) is 7.12. The van der Waals surface area contributed by atoms with Crippen molar-refractivity contribution in [3.63, 3.8) is 0 Å². The summed E-state index contributed by atoms with van der Waals surface area (Å²) >= 11 is 0. The van der Waals surface area contributed by atoms with Crippen molar-refractivity contribution in [2.24, 2.45) is 0 Å². The number of alkyl halides is 3. The molecule has 1 aliphatic rings. The van der Waals surface area contributed by atoms with Crippen LogP contribution in [0.5, 0.6) is 0 Å². The average Bonchev–Trinajstić information content (AvgIpc) is 2.42. The minimum absolute atomic E-state index is 0.689. The first kappa shape index (κ1) is 9.17. The summed E-state index contributed by atoms with van der Waals surface area (Å²) in [6.07, 6.45) is -0.458. The van der Waals surface area contributed by atoms with Crippen LogP contribution in [0.15, 0.2) is 5.57 Å². The van der Waals surface area contributed by atoms with Gasteiger partial charge in [0.15, 0.2) is 0 Å². The lowest BCUT2D eigenvalue weighted by Gasteiger charge is -2.15. The molecule has 0 aromatic carbocycles. The first-order valence-corrected chi connectivity index (χ1v) is 4.12. The zero-order chi connectivity index (χ0) is 10.2. The maximum atomic E-state index is 12.3. The molecule has 76 valence electrons. The Hall–Kier alpha value is -1.40. The van der Waals surface area contributed by atoms with Gasteiger partial charge in [-0.05, 0) is 29.7 Å². The number of rotatable bonds is 1. The number of nitrogens with zero attached hydrogens (tertiary/aromatic N) is 4. The Bertz CT molecular complexity index is 359. The highest BCUT2D eigenvalue weighted by atomic mass is 19.4. The fraction of sp³-hybridized carbons (Fsp3) is 0.571. The summed E-state index contributed by atoms with van der Waals surface area (Å²) in [5, 5.41) is 9.19. The lowest BCUT2D eigenvalue weighted by Crippen LogP contribution is -2.13. The largest absolute Gasteiger partial charge is 0.453 e. The molecular weight excluding hydrogens is 197 g/mol. The van der Waals surface area contributed by atoms with Gasteiger partial charge in [-0.3, -0.25) is 0 Å². The smallest absolute Gasteiger partial charge is 0.196 e. The Labute approximate surface area is 77.4 Å². The molecule has 2 rings (SSSR count). The number of tetrazole rings is 1. The summed E-state index contributed by atoms with van der Waals surface area (Å²) < 4.78 is 37.5. The van der Waals surface area contributed by atoms with Crippen LogP contribution < -0.4 is 0 Å². The molecule has 0 saturated heterocycles.